The number of piperidine rings is 1. The standard InChI is InChI=1S/C24H24N2O3/c1-2-29-21-15-10-17-7-3-4-8-20(17)23(21)24(28)25-18-11-13-19(14-12-18)26-16-6-5-9-22(26)27/h3-4,7-8,10-15H,2,5-6,9,16H2,1H3,(H,25,28). The lowest BCUT2D eigenvalue weighted by Gasteiger charge is -2.26. The fraction of sp³-hybridized carbons (Fsp3) is 0.250. The van der Waals surface area contributed by atoms with Crippen LogP contribution in [0.25, 0.3) is 10.8 Å². The lowest BCUT2D eigenvalue weighted by molar-refractivity contribution is -0.119. The van der Waals surface area contributed by atoms with E-state index in [2.05, 4.69) is 5.32 Å². The third-order valence-corrected chi connectivity index (χ3v) is 5.18. The zero-order valence-corrected chi connectivity index (χ0v) is 16.5. The van der Waals surface area contributed by atoms with Gasteiger partial charge in [-0.05, 0) is 60.9 Å². The number of carbonyl (C=O) groups is 2. The maximum atomic E-state index is 13.1. The molecule has 1 aliphatic rings. The van der Waals surface area contributed by atoms with E-state index in [-0.39, 0.29) is 11.8 Å². The Morgan fingerprint density at radius 3 is 2.59 bits per heavy atom. The molecule has 4 rings (SSSR count). The molecule has 1 fully saturated rings. The summed E-state index contributed by atoms with van der Waals surface area (Å²) in [6.45, 7) is 3.13. The van der Waals surface area contributed by atoms with E-state index in [1.165, 1.54) is 0 Å². The van der Waals surface area contributed by atoms with Gasteiger partial charge in [-0.2, -0.15) is 0 Å². The lowest BCUT2D eigenvalue weighted by Crippen LogP contribution is -2.35. The summed E-state index contributed by atoms with van der Waals surface area (Å²) in [5, 5.41) is 4.81. The molecule has 29 heavy (non-hydrogen) atoms. The number of nitrogens with zero attached hydrogens (tertiary/aromatic N) is 1. The Bertz CT molecular complexity index is 1040. The number of ether oxygens (including phenoxy) is 1. The predicted octanol–water partition coefficient (Wildman–Crippen LogP) is 5.01. The van der Waals surface area contributed by atoms with Gasteiger partial charge in [0, 0.05) is 24.3 Å². The van der Waals surface area contributed by atoms with Crippen LogP contribution >= 0.6 is 0 Å². The Balaban J connectivity index is 1.59. The first-order valence-electron chi connectivity index (χ1n) is 10.0. The number of benzene rings is 3. The zero-order valence-electron chi connectivity index (χ0n) is 16.5. The van der Waals surface area contributed by atoms with Gasteiger partial charge >= 0.3 is 0 Å². The van der Waals surface area contributed by atoms with Crippen molar-refractivity contribution in [1.29, 1.82) is 0 Å². The molecular weight excluding hydrogens is 364 g/mol. The average Bonchev–Trinajstić information content (AvgIpc) is 2.75. The summed E-state index contributed by atoms with van der Waals surface area (Å²) in [4.78, 5) is 27.0. The number of anilines is 2. The Kier molecular flexibility index (Phi) is 5.47. The molecule has 0 radical (unpaired) electrons. The largest absolute Gasteiger partial charge is 0.493 e. The van der Waals surface area contributed by atoms with Gasteiger partial charge in [-0.15, -0.1) is 0 Å². The highest BCUT2D eigenvalue weighted by Crippen LogP contribution is 2.29. The SMILES string of the molecule is CCOc1ccc2ccccc2c1C(=O)Nc1ccc(N2CCCCC2=O)cc1. The minimum Gasteiger partial charge on any atom is -0.493 e. The lowest BCUT2D eigenvalue weighted by atomic mass is 10.0. The molecule has 1 aliphatic heterocycles. The number of fused-ring (bicyclic) bond motifs is 1. The van der Waals surface area contributed by atoms with Crippen molar-refractivity contribution < 1.29 is 14.3 Å². The molecule has 5 heteroatoms. The summed E-state index contributed by atoms with van der Waals surface area (Å²) in [6.07, 6.45) is 2.57. The molecule has 0 saturated carbocycles. The zero-order chi connectivity index (χ0) is 20.2. The van der Waals surface area contributed by atoms with Crippen LogP contribution < -0.4 is 15.0 Å². The Labute approximate surface area is 170 Å². The minimum absolute atomic E-state index is 0.158. The summed E-state index contributed by atoms with van der Waals surface area (Å²) < 4.78 is 5.71. The van der Waals surface area contributed by atoms with E-state index in [4.69, 9.17) is 4.74 Å². The molecule has 1 N–H and O–H groups in total. The molecule has 0 unspecified atom stereocenters. The van der Waals surface area contributed by atoms with Gasteiger partial charge in [0.25, 0.3) is 5.91 Å². The molecule has 0 spiro atoms. The van der Waals surface area contributed by atoms with Crippen LogP contribution in [0.1, 0.15) is 36.5 Å². The smallest absolute Gasteiger partial charge is 0.260 e. The topological polar surface area (TPSA) is 58.6 Å². The molecule has 0 aliphatic carbocycles. The van der Waals surface area contributed by atoms with Gasteiger partial charge in [0.15, 0.2) is 0 Å². The summed E-state index contributed by atoms with van der Waals surface area (Å²) in [5.74, 6) is 0.511. The van der Waals surface area contributed by atoms with Crippen LogP contribution in [0.2, 0.25) is 0 Å². The van der Waals surface area contributed by atoms with E-state index in [0.717, 1.165) is 35.8 Å². The molecule has 1 heterocycles. The van der Waals surface area contributed by atoms with E-state index in [0.29, 0.717) is 30.0 Å². The van der Waals surface area contributed by atoms with Crippen molar-refractivity contribution in [2.75, 3.05) is 23.4 Å². The maximum absolute atomic E-state index is 13.1. The normalized spacial score (nSPS) is 14.1. The van der Waals surface area contributed by atoms with Crippen molar-refractivity contribution in [2.24, 2.45) is 0 Å². The molecule has 0 atom stereocenters. The van der Waals surface area contributed by atoms with Crippen LogP contribution in [0.15, 0.2) is 60.7 Å². The van der Waals surface area contributed by atoms with Gasteiger partial charge in [0.1, 0.15) is 5.75 Å². The second-order valence-corrected chi connectivity index (χ2v) is 7.10. The van der Waals surface area contributed by atoms with E-state index in [1.807, 2.05) is 72.5 Å². The number of hydrogen-bond acceptors (Lipinski definition) is 3. The van der Waals surface area contributed by atoms with E-state index >= 15 is 0 Å². The molecule has 1 saturated heterocycles. The average molecular weight is 388 g/mol. The van der Waals surface area contributed by atoms with Crippen molar-refractivity contribution in [1.82, 2.24) is 0 Å². The first-order valence-corrected chi connectivity index (χ1v) is 10.0. The van der Waals surface area contributed by atoms with Gasteiger partial charge in [-0.3, -0.25) is 9.59 Å². The van der Waals surface area contributed by atoms with Gasteiger partial charge in [-0.1, -0.05) is 30.3 Å². The summed E-state index contributed by atoms with van der Waals surface area (Å²) in [7, 11) is 0. The highest BCUT2D eigenvalue weighted by atomic mass is 16.5. The van der Waals surface area contributed by atoms with E-state index in [1.54, 1.807) is 0 Å². The third-order valence-electron chi connectivity index (χ3n) is 5.18. The fourth-order valence-corrected chi connectivity index (χ4v) is 3.76. The molecule has 0 bridgehead atoms. The molecule has 3 aromatic carbocycles. The van der Waals surface area contributed by atoms with Gasteiger partial charge in [0.05, 0.1) is 12.2 Å². The minimum atomic E-state index is -0.216. The fourth-order valence-electron chi connectivity index (χ4n) is 3.76. The van der Waals surface area contributed by atoms with E-state index in [9.17, 15) is 9.59 Å². The first kappa shape index (κ1) is 19.0. The second kappa shape index (κ2) is 8.35. The highest BCUT2D eigenvalue weighted by molar-refractivity contribution is 6.15. The molecule has 3 aromatic rings. The molecule has 2 amide bonds. The maximum Gasteiger partial charge on any atom is 0.260 e. The monoisotopic (exact) mass is 388 g/mol. The predicted molar refractivity (Wildman–Crippen MR) is 116 cm³/mol. The van der Waals surface area contributed by atoms with Crippen molar-refractivity contribution in [3.8, 4) is 5.75 Å². The van der Waals surface area contributed by atoms with E-state index < -0.39 is 0 Å². The molecule has 148 valence electrons. The van der Waals surface area contributed by atoms with Crippen LogP contribution in [0.4, 0.5) is 11.4 Å². The van der Waals surface area contributed by atoms with Crippen LogP contribution in [0.3, 0.4) is 0 Å². The van der Waals surface area contributed by atoms with Crippen LogP contribution in [0, 0.1) is 0 Å². The number of carbonyl (C=O) groups excluding carboxylic acids is 2. The highest BCUT2D eigenvalue weighted by Gasteiger charge is 2.20. The van der Waals surface area contributed by atoms with Crippen molar-refractivity contribution in [2.45, 2.75) is 26.2 Å². The molecule has 0 aromatic heterocycles. The summed E-state index contributed by atoms with van der Waals surface area (Å²) in [5.41, 5.74) is 2.08. The van der Waals surface area contributed by atoms with Crippen molar-refractivity contribution in [3.05, 3.63) is 66.2 Å². The van der Waals surface area contributed by atoms with Crippen molar-refractivity contribution in [3.63, 3.8) is 0 Å². The third kappa shape index (κ3) is 3.94. The number of rotatable bonds is 5. The Morgan fingerprint density at radius 1 is 1.03 bits per heavy atom. The molecular formula is C24H24N2O3. The molecule has 5 nitrogen and oxygen atoms in total. The summed E-state index contributed by atoms with van der Waals surface area (Å²) >= 11 is 0. The second-order valence-electron chi connectivity index (χ2n) is 7.10. The Morgan fingerprint density at radius 2 is 1.83 bits per heavy atom. The van der Waals surface area contributed by atoms with Crippen LogP contribution in [-0.2, 0) is 4.79 Å². The number of amides is 2. The summed E-state index contributed by atoms with van der Waals surface area (Å²) in [6, 6.07) is 19.0. The Hall–Kier alpha value is -3.34. The first-order chi connectivity index (χ1) is 14.2. The number of hydrogen-bond donors (Lipinski definition) is 1. The van der Waals surface area contributed by atoms with Gasteiger partial charge in [0.2, 0.25) is 5.91 Å². The van der Waals surface area contributed by atoms with Gasteiger partial charge in [-0.25, -0.2) is 0 Å². The van der Waals surface area contributed by atoms with Gasteiger partial charge < -0.3 is 15.0 Å². The number of nitrogens with one attached hydrogen (secondary N) is 1. The van der Waals surface area contributed by atoms with Crippen LogP contribution in [-0.4, -0.2) is 25.0 Å². The van der Waals surface area contributed by atoms with Crippen LogP contribution in [0.5, 0.6) is 5.75 Å². The quantitative estimate of drug-likeness (QED) is 0.669. The van der Waals surface area contributed by atoms with Crippen molar-refractivity contribution >= 4 is 34.0 Å².